The average molecular weight is 293 g/mol. The number of nitrogens with zero attached hydrogens (tertiary/aromatic N) is 1. The zero-order valence-corrected chi connectivity index (χ0v) is 12.8. The fraction of sp³-hybridized carbons (Fsp3) is 0.533. The Morgan fingerprint density at radius 2 is 2.05 bits per heavy atom. The van der Waals surface area contributed by atoms with Crippen molar-refractivity contribution in [3.8, 4) is 0 Å². The van der Waals surface area contributed by atoms with E-state index in [1.807, 2.05) is 20.8 Å². The quantitative estimate of drug-likeness (QED) is 0.684. The molecule has 1 aromatic rings. The van der Waals surface area contributed by atoms with Gasteiger partial charge in [0.15, 0.2) is 0 Å². The van der Waals surface area contributed by atoms with Crippen molar-refractivity contribution in [3.05, 3.63) is 23.9 Å². The maximum Gasteiger partial charge on any atom is 0.303 e. The first kappa shape index (κ1) is 16.9. The summed E-state index contributed by atoms with van der Waals surface area (Å²) in [6.07, 6.45) is 2.98. The van der Waals surface area contributed by atoms with Gasteiger partial charge in [-0.2, -0.15) is 0 Å². The molecule has 6 heteroatoms. The van der Waals surface area contributed by atoms with Gasteiger partial charge in [0.25, 0.3) is 5.91 Å². The van der Waals surface area contributed by atoms with Crippen molar-refractivity contribution in [2.75, 3.05) is 11.9 Å². The minimum absolute atomic E-state index is 0.0947. The van der Waals surface area contributed by atoms with Gasteiger partial charge in [-0.25, -0.2) is 4.98 Å². The molecule has 116 valence electrons. The molecule has 1 rings (SSSR count). The molecule has 1 amide bonds. The van der Waals surface area contributed by atoms with Gasteiger partial charge in [0.2, 0.25) is 0 Å². The zero-order chi connectivity index (χ0) is 15.9. The minimum Gasteiger partial charge on any atom is -0.481 e. The van der Waals surface area contributed by atoms with E-state index in [-0.39, 0.29) is 17.9 Å². The number of pyridine rings is 1. The molecule has 0 bridgehead atoms. The number of carboxylic acids is 1. The lowest BCUT2D eigenvalue weighted by molar-refractivity contribution is -0.137. The maximum absolute atomic E-state index is 11.7. The van der Waals surface area contributed by atoms with Crippen LogP contribution in [0.1, 0.15) is 50.4 Å². The first-order chi connectivity index (χ1) is 9.84. The average Bonchev–Trinajstić information content (AvgIpc) is 2.43. The lowest BCUT2D eigenvalue weighted by atomic mass is 9.98. The molecule has 0 unspecified atom stereocenters. The van der Waals surface area contributed by atoms with Gasteiger partial charge in [-0.05, 0) is 38.8 Å². The molecule has 0 saturated carbocycles. The van der Waals surface area contributed by atoms with Crippen LogP contribution in [-0.2, 0) is 4.79 Å². The molecule has 0 aromatic carbocycles. The summed E-state index contributed by atoms with van der Waals surface area (Å²) in [4.78, 5) is 26.6. The monoisotopic (exact) mass is 293 g/mol. The summed E-state index contributed by atoms with van der Waals surface area (Å²) in [5.74, 6) is -0.334. The van der Waals surface area contributed by atoms with Gasteiger partial charge in [0, 0.05) is 24.7 Å². The summed E-state index contributed by atoms with van der Waals surface area (Å²) >= 11 is 0. The second kappa shape index (κ2) is 7.61. The largest absolute Gasteiger partial charge is 0.481 e. The van der Waals surface area contributed by atoms with Gasteiger partial charge >= 0.3 is 5.97 Å². The number of carboxylic acid groups (broad SMARTS) is 1. The van der Waals surface area contributed by atoms with Crippen molar-refractivity contribution in [2.24, 2.45) is 0 Å². The van der Waals surface area contributed by atoms with Crippen molar-refractivity contribution in [1.82, 2.24) is 10.3 Å². The number of hydrogen-bond donors (Lipinski definition) is 3. The molecule has 3 N–H and O–H groups in total. The second-order valence-electron chi connectivity index (χ2n) is 5.59. The van der Waals surface area contributed by atoms with Crippen LogP contribution in [0.2, 0.25) is 0 Å². The highest BCUT2D eigenvalue weighted by molar-refractivity contribution is 5.94. The van der Waals surface area contributed by atoms with Crippen LogP contribution >= 0.6 is 0 Å². The molecule has 1 heterocycles. The van der Waals surface area contributed by atoms with Crippen LogP contribution in [0, 0.1) is 0 Å². The molecule has 0 aliphatic heterocycles. The van der Waals surface area contributed by atoms with Crippen LogP contribution in [0.3, 0.4) is 0 Å². The topological polar surface area (TPSA) is 91.3 Å². The van der Waals surface area contributed by atoms with Crippen LogP contribution in [0.4, 0.5) is 5.82 Å². The third-order valence-electron chi connectivity index (χ3n) is 2.99. The smallest absolute Gasteiger partial charge is 0.303 e. The Balaban J connectivity index is 2.61. The SMILES string of the molecule is CCCNC(=O)c1ccc(NC(C)(C)CCC(=O)O)nc1. The van der Waals surface area contributed by atoms with E-state index in [9.17, 15) is 9.59 Å². The lowest BCUT2D eigenvalue weighted by Crippen LogP contribution is -2.32. The highest BCUT2D eigenvalue weighted by Gasteiger charge is 2.19. The number of carbonyl (C=O) groups is 2. The predicted octanol–water partition coefficient (Wildman–Crippen LogP) is 2.28. The summed E-state index contributed by atoms with van der Waals surface area (Å²) in [7, 11) is 0. The van der Waals surface area contributed by atoms with E-state index in [0.717, 1.165) is 6.42 Å². The molecule has 0 radical (unpaired) electrons. The van der Waals surface area contributed by atoms with Crippen molar-refractivity contribution in [2.45, 2.75) is 45.6 Å². The number of rotatable bonds is 8. The standard InChI is InChI=1S/C15H23N3O3/c1-4-9-16-14(21)11-5-6-12(17-10-11)18-15(2,3)8-7-13(19)20/h5-6,10H,4,7-9H2,1-3H3,(H,16,21)(H,17,18)(H,19,20). The third-order valence-corrected chi connectivity index (χ3v) is 2.99. The molecule has 6 nitrogen and oxygen atoms in total. The molecule has 0 atom stereocenters. The van der Waals surface area contributed by atoms with Gasteiger partial charge < -0.3 is 15.7 Å². The summed E-state index contributed by atoms with van der Waals surface area (Å²) < 4.78 is 0. The van der Waals surface area contributed by atoms with Crippen molar-refractivity contribution in [1.29, 1.82) is 0 Å². The summed E-state index contributed by atoms with van der Waals surface area (Å²) in [5.41, 5.74) is 0.134. The van der Waals surface area contributed by atoms with E-state index in [2.05, 4.69) is 15.6 Å². The van der Waals surface area contributed by atoms with E-state index < -0.39 is 5.97 Å². The van der Waals surface area contributed by atoms with E-state index in [4.69, 9.17) is 5.11 Å². The Hall–Kier alpha value is -2.11. The van der Waals surface area contributed by atoms with Crippen molar-refractivity contribution >= 4 is 17.7 Å². The fourth-order valence-corrected chi connectivity index (χ4v) is 1.77. The molecule has 0 aliphatic carbocycles. The number of hydrogen-bond acceptors (Lipinski definition) is 4. The number of carbonyl (C=O) groups excluding carboxylic acids is 1. The molecule has 0 saturated heterocycles. The molecule has 0 spiro atoms. The molecular weight excluding hydrogens is 270 g/mol. The summed E-state index contributed by atoms with van der Waals surface area (Å²) in [6.45, 7) is 6.46. The van der Waals surface area contributed by atoms with E-state index in [0.29, 0.717) is 24.3 Å². The van der Waals surface area contributed by atoms with E-state index in [1.54, 1.807) is 12.1 Å². The minimum atomic E-state index is -0.819. The van der Waals surface area contributed by atoms with E-state index in [1.165, 1.54) is 6.20 Å². The Morgan fingerprint density at radius 3 is 2.57 bits per heavy atom. The third kappa shape index (κ3) is 6.25. The van der Waals surface area contributed by atoms with Gasteiger partial charge in [0.1, 0.15) is 5.82 Å². The highest BCUT2D eigenvalue weighted by atomic mass is 16.4. The van der Waals surface area contributed by atoms with Crippen LogP contribution in [0.25, 0.3) is 0 Å². The Labute approximate surface area is 125 Å². The van der Waals surface area contributed by atoms with Crippen LogP contribution < -0.4 is 10.6 Å². The highest BCUT2D eigenvalue weighted by Crippen LogP contribution is 2.18. The Kier molecular flexibility index (Phi) is 6.14. The molecule has 1 aromatic heterocycles. The fourth-order valence-electron chi connectivity index (χ4n) is 1.77. The number of aromatic nitrogens is 1. The second-order valence-corrected chi connectivity index (χ2v) is 5.59. The number of amides is 1. The van der Waals surface area contributed by atoms with E-state index >= 15 is 0 Å². The number of anilines is 1. The molecule has 0 fully saturated rings. The predicted molar refractivity (Wildman–Crippen MR) is 81.4 cm³/mol. The van der Waals surface area contributed by atoms with Gasteiger partial charge in [-0.15, -0.1) is 0 Å². The van der Waals surface area contributed by atoms with Gasteiger partial charge in [0.05, 0.1) is 5.56 Å². The van der Waals surface area contributed by atoms with Gasteiger partial charge in [-0.1, -0.05) is 6.92 Å². The Morgan fingerprint density at radius 1 is 1.33 bits per heavy atom. The summed E-state index contributed by atoms with van der Waals surface area (Å²) in [5, 5.41) is 14.7. The maximum atomic E-state index is 11.7. The summed E-state index contributed by atoms with van der Waals surface area (Å²) in [6, 6.07) is 3.43. The number of nitrogens with one attached hydrogen (secondary N) is 2. The Bertz CT molecular complexity index is 483. The molecule has 0 aliphatic rings. The lowest BCUT2D eigenvalue weighted by Gasteiger charge is -2.26. The normalized spacial score (nSPS) is 11.0. The van der Waals surface area contributed by atoms with Crippen LogP contribution in [0.15, 0.2) is 18.3 Å². The van der Waals surface area contributed by atoms with Gasteiger partial charge in [-0.3, -0.25) is 9.59 Å². The van der Waals surface area contributed by atoms with Crippen molar-refractivity contribution in [3.63, 3.8) is 0 Å². The van der Waals surface area contributed by atoms with Crippen LogP contribution in [0.5, 0.6) is 0 Å². The molecular formula is C15H23N3O3. The zero-order valence-electron chi connectivity index (χ0n) is 12.8. The molecule has 21 heavy (non-hydrogen) atoms. The van der Waals surface area contributed by atoms with Crippen LogP contribution in [-0.4, -0.2) is 34.1 Å². The first-order valence-corrected chi connectivity index (χ1v) is 7.08. The first-order valence-electron chi connectivity index (χ1n) is 7.08. The van der Waals surface area contributed by atoms with Crippen molar-refractivity contribution < 1.29 is 14.7 Å². The number of aliphatic carboxylic acids is 1.